The normalized spacial score (nSPS) is 14.9. The van der Waals surface area contributed by atoms with Crippen LogP contribution in [0.4, 0.5) is 0 Å². The van der Waals surface area contributed by atoms with Crippen LogP contribution >= 0.6 is 15.6 Å². The van der Waals surface area contributed by atoms with E-state index in [1.165, 1.54) is 64.2 Å². The van der Waals surface area contributed by atoms with Gasteiger partial charge in [0.05, 0.1) is 32.8 Å². The predicted octanol–water partition coefficient (Wildman–Crippen LogP) is 22.8. The van der Waals surface area contributed by atoms with E-state index in [0.29, 0.717) is 38.5 Å². The molecule has 0 aliphatic carbocycles. The predicted molar refractivity (Wildman–Crippen MR) is 426 cm³/mol. The minimum absolute atomic E-state index is 0.00478. The van der Waals surface area contributed by atoms with Gasteiger partial charge in [-0.05, 0) is 128 Å². The van der Waals surface area contributed by atoms with Gasteiger partial charge >= 0.3 is 39.5 Å². The van der Waals surface area contributed by atoms with Gasteiger partial charge in [0.25, 0.3) is 0 Å². The fraction of sp³-hybridized carbons (Fsp3) is 0.600. The molecule has 0 aliphatic rings. The van der Waals surface area contributed by atoms with Crippen LogP contribution in [0.1, 0.15) is 272 Å². The SMILES string of the molecule is CC/C=C\C/C=C\C/C=C\C/C=C\C/C=C\CCCC(=O)OCC(COP(=O)(O)OCC(O)COP(=O)(O)OCC(COC(=O)C/C=C\C/C=C\C/C=C\C/C=C\C/C=C\CC)OC(=O)CCCCCCCCCCCCCCCCC)OC(=O)CCC/C=C\C/C=C\C/C=C\C/C=C\C/C=C\CC. The van der Waals surface area contributed by atoms with Crippen LogP contribution < -0.4 is 0 Å². The molecule has 0 fully saturated rings. The van der Waals surface area contributed by atoms with Crippen LogP contribution in [0, 0.1) is 0 Å². The largest absolute Gasteiger partial charge is 0.472 e. The minimum Gasteiger partial charge on any atom is -0.462 e. The van der Waals surface area contributed by atoms with Crippen molar-refractivity contribution in [3.63, 3.8) is 0 Å². The third-order valence-electron chi connectivity index (χ3n) is 15.4. The van der Waals surface area contributed by atoms with Gasteiger partial charge in [0.15, 0.2) is 12.2 Å². The maximum atomic E-state index is 13.1. The average Bonchev–Trinajstić information content (AvgIpc) is 0.926. The van der Waals surface area contributed by atoms with Crippen molar-refractivity contribution in [2.75, 3.05) is 39.6 Å². The van der Waals surface area contributed by atoms with Crippen LogP contribution in [-0.4, -0.2) is 96.7 Å². The first-order chi connectivity index (χ1) is 50.7. The van der Waals surface area contributed by atoms with Crippen molar-refractivity contribution in [1.29, 1.82) is 0 Å². The molecule has 0 radical (unpaired) electrons. The molecule has 588 valence electrons. The Labute approximate surface area is 628 Å². The second-order valence-corrected chi connectivity index (χ2v) is 28.1. The molecule has 0 aromatic heterocycles. The van der Waals surface area contributed by atoms with Gasteiger partial charge in [-0.15, -0.1) is 0 Å². The Kier molecular flexibility index (Phi) is 71.2. The molecular weight excluding hydrogens is 1350 g/mol. The summed E-state index contributed by atoms with van der Waals surface area (Å²) >= 11 is 0. The smallest absolute Gasteiger partial charge is 0.462 e. The van der Waals surface area contributed by atoms with Crippen molar-refractivity contribution in [2.24, 2.45) is 0 Å². The number of hydrogen-bond donors (Lipinski definition) is 3. The molecule has 3 N–H and O–H groups in total. The number of carbonyl (C=O) groups is 4. The summed E-state index contributed by atoms with van der Waals surface area (Å²) in [4.78, 5) is 72.9. The third-order valence-corrected chi connectivity index (χ3v) is 17.3. The lowest BCUT2D eigenvalue weighted by atomic mass is 10.0. The first kappa shape index (κ1) is 98.2. The highest BCUT2D eigenvalue weighted by Crippen LogP contribution is 2.45. The quantitative estimate of drug-likeness (QED) is 0.0169. The van der Waals surface area contributed by atoms with E-state index in [1.807, 2.05) is 42.5 Å². The van der Waals surface area contributed by atoms with E-state index in [9.17, 15) is 43.2 Å². The molecule has 0 saturated carbocycles. The Bertz CT molecular complexity index is 2690. The molecule has 0 aliphatic heterocycles. The number of rotatable bonds is 71. The molecule has 0 aromatic carbocycles. The molecule has 0 spiro atoms. The lowest BCUT2D eigenvalue weighted by Crippen LogP contribution is -2.30. The van der Waals surface area contributed by atoms with Gasteiger partial charge < -0.3 is 33.8 Å². The van der Waals surface area contributed by atoms with Crippen LogP contribution in [0.15, 0.2) is 182 Å². The highest BCUT2D eigenvalue weighted by molar-refractivity contribution is 7.47. The van der Waals surface area contributed by atoms with Crippen molar-refractivity contribution in [2.45, 2.75) is 290 Å². The first-order valence-corrected chi connectivity index (χ1v) is 42.0. The maximum Gasteiger partial charge on any atom is 0.472 e. The first-order valence-electron chi connectivity index (χ1n) is 39.0. The number of aliphatic hydroxyl groups is 1. The number of esters is 4. The molecular formula is C85H136O17P2. The van der Waals surface area contributed by atoms with Crippen molar-refractivity contribution in [3.8, 4) is 0 Å². The molecule has 0 amide bonds. The monoisotopic (exact) mass is 1490 g/mol. The van der Waals surface area contributed by atoms with Crippen molar-refractivity contribution < 1.29 is 80.2 Å². The van der Waals surface area contributed by atoms with E-state index >= 15 is 0 Å². The van der Waals surface area contributed by atoms with Gasteiger partial charge in [-0.1, -0.05) is 300 Å². The molecule has 104 heavy (non-hydrogen) atoms. The summed E-state index contributed by atoms with van der Waals surface area (Å²) < 4.78 is 68.3. The zero-order valence-electron chi connectivity index (χ0n) is 64.1. The zero-order chi connectivity index (χ0) is 76.0. The number of carbonyl (C=O) groups excluding carboxylic acids is 4. The zero-order valence-corrected chi connectivity index (χ0v) is 65.9. The molecule has 0 saturated heterocycles. The minimum atomic E-state index is -5.02. The van der Waals surface area contributed by atoms with Crippen molar-refractivity contribution in [1.82, 2.24) is 0 Å². The van der Waals surface area contributed by atoms with Gasteiger partial charge in [0.1, 0.15) is 19.3 Å². The number of hydrogen-bond acceptors (Lipinski definition) is 15. The number of aliphatic hydroxyl groups excluding tert-OH is 1. The number of unbranched alkanes of at least 4 members (excludes halogenated alkanes) is 16. The van der Waals surface area contributed by atoms with Crippen LogP contribution in [0.5, 0.6) is 0 Å². The van der Waals surface area contributed by atoms with Crippen molar-refractivity contribution >= 4 is 39.5 Å². The van der Waals surface area contributed by atoms with Crippen LogP contribution in [-0.2, 0) is 65.4 Å². The summed E-state index contributed by atoms with van der Waals surface area (Å²) in [7, 11) is -10.0. The number of phosphoric ester groups is 2. The Balaban J connectivity index is 5.55. The second-order valence-electron chi connectivity index (χ2n) is 25.2. The molecule has 0 heterocycles. The van der Waals surface area contributed by atoms with Crippen LogP contribution in [0.2, 0.25) is 0 Å². The fourth-order valence-electron chi connectivity index (χ4n) is 9.60. The lowest BCUT2D eigenvalue weighted by molar-refractivity contribution is -0.161. The maximum absolute atomic E-state index is 13.1. The Morgan fingerprint density at radius 1 is 0.288 bits per heavy atom. The van der Waals surface area contributed by atoms with Gasteiger partial charge in [-0.3, -0.25) is 37.3 Å². The third kappa shape index (κ3) is 74.4. The molecule has 0 bridgehead atoms. The van der Waals surface area contributed by atoms with Gasteiger partial charge in [0.2, 0.25) is 0 Å². The summed E-state index contributed by atoms with van der Waals surface area (Å²) in [5.74, 6) is -2.47. The van der Waals surface area contributed by atoms with E-state index in [0.717, 1.165) is 116 Å². The van der Waals surface area contributed by atoms with E-state index in [1.54, 1.807) is 6.08 Å². The Morgan fingerprint density at radius 3 is 0.856 bits per heavy atom. The molecule has 0 rings (SSSR count). The molecule has 5 atom stereocenters. The summed E-state index contributed by atoms with van der Waals surface area (Å²) in [6.45, 7) is 4.27. The summed E-state index contributed by atoms with van der Waals surface area (Å²) in [5, 5.41) is 10.6. The van der Waals surface area contributed by atoms with Crippen LogP contribution in [0.25, 0.3) is 0 Å². The van der Waals surface area contributed by atoms with E-state index < -0.39 is 97.5 Å². The molecule has 19 heteroatoms. The number of allylic oxidation sites excluding steroid dienone is 29. The van der Waals surface area contributed by atoms with E-state index in [4.69, 9.17) is 37.0 Å². The second kappa shape index (κ2) is 75.4. The van der Waals surface area contributed by atoms with E-state index in [2.05, 4.69) is 161 Å². The fourth-order valence-corrected chi connectivity index (χ4v) is 11.2. The van der Waals surface area contributed by atoms with Gasteiger partial charge in [-0.25, -0.2) is 9.13 Å². The highest BCUT2D eigenvalue weighted by atomic mass is 31.2. The standard InChI is InChI=1S/C85H136O17P2/c1-5-9-13-17-21-25-29-33-37-39-43-46-50-54-58-62-66-70-83(88)96-76-81(102-85(90)72-68-64-60-56-52-48-44-40-38-34-30-26-22-18-14-10-6-2)78-100-104(93,94)98-74-79(86)73-97-103(91,92)99-77-80(101-84(89)71-67-63-59-55-51-47-42-36-32-28-24-20-16-12-8-4)75-95-82(87)69-65-61-57-53-49-45-41-35-31-27-23-19-15-11-7-3/h9-11,13-15,21-23,25-27,33-35,37-38,41,43-44,46,48-49,53-54,56,58,60-61,65,79-81,86H,5-8,12,16-20,24,28-32,36,39-40,42,45,47,50-52,55,57,59,62-64,66-78H2,1-4H3,(H,91,92)(H,93,94)/b13-9-,14-10-,15-11-,25-21-,26-22-,27-23-,37-33-,38-34-,41-35-,46-43-,48-44-,53-49-,58-54-,60-56-,65-61-. The summed E-state index contributed by atoms with van der Waals surface area (Å²) in [5.41, 5.74) is 0. The van der Waals surface area contributed by atoms with Crippen LogP contribution in [0.3, 0.4) is 0 Å². The molecule has 0 aromatic rings. The molecule has 5 unspecified atom stereocenters. The summed E-state index contributed by atoms with van der Waals surface area (Å²) in [6.07, 6.45) is 90.7. The average molecular weight is 1490 g/mol. The topological polar surface area (TPSA) is 237 Å². The number of ether oxygens (including phenoxy) is 4. The lowest BCUT2D eigenvalue weighted by Gasteiger charge is -2.21. The van der Waals surface area contributed by atoms with Crippen molar-refractivity contribution in [3.05, 3.63) is 182 Å². The van der Waals surface area contributed by atoms with E-state index in [-0.39, 0.29) is 25.7 Å². The Morgan fingerprint density at radius 2 is 0.538 bits per heavy atom. The molecule has 17 nitrogen and oxygen atoms in total. The number of phosphoric acid groups is 2. The summed E-state index contributed by atoms with van der Waals surface area (Å²) in [6, 6.07) is 0. The van der Waals surface area contributed by atoms with Gasteiger partial charge in [-0.2, -0.15) is 0 Å². The highest BCUT2D eigenvalue weighted by Gasteiger charge is 2.30. The van der Waals surface area contributed by atoms with Gasteiger partial charge in [0, 0.05) is 19.3 Å². The Hall–Kier alpha value is -5.84.